The number of anilines is 1. The third-order valence-corrected chi connectivity index (χ3v) is 5.09. The SMILES string of the molecule is Cc1cc(Cl)c(NC2CCC(C)c3ccccc32)cc1Cl. The van der Waals surface area contributed by atoms with Gasteiger partial charge in [-0.15, -0.1) is 0 Å². The molecule has 1 N–H and O–H groups in total. The molecule has 110 valence electrons. The molecule has 1 aliphatic carbocycles. The van der Waals surface area contributed by atoms with E-state index in [2.05, 4.69) is 36.5 Å². The number of hydrogen-bond donors (Lipinski definition) is 1. The van der Waals surface area contributed by atoms with Crippen molar-refractivity contribution in [2.45, 2.75) is 38.6 Å². The third-order valence-electron chi connectivity index (χ3n) is 4.37. The lowest BCUT2D eigenvalue weighted by Gasteiger charge is -2.31. The zero-order valence-electron chi connectivity index (χ0n) is 12.3. The summed E-state index contributed by atoms with van der Waals surface area (Å²) >= 11 is 12.6. The van der Waals surface area contributed by atoms with E-state index in [1.807, 2.05) is 19.1 Å². The van der Waals surface area contributed by atoms with Crippen LogP contribution in [-0.2, 0) is 0 Å². The first-order chi connectivity index (χ1) is 10.1. The van der Waals surface area contributed by atoms with E-state index in [0.717, 1.165) is 27.7 Å². The fourth-order valence-electron chi connectivity index (χ4n) is 3.10. The molecule has 2 atom stereocenters. The lowest BCUT2D eigenvalue weighted by Crippen LogP contribution is -2.19. The molecule has 2 unspecified atom stereocenters. The van der Waals surface area contributed by atoms with Crippen molar-refractivity contribution in [2.24, 2.45) is 0 Å². The van der Waals surface area contributed by atoms with Gasteiger partial charge in [0.2, 0.25) is 0 Å². The molecule has 0 saturated carbocycles. The molecule has 0 fully saturated rings. The highest BCUT2D eigenvalue weighted by Crippen LogP contribution is 2.40. The van der Waals surface area contributed by atoms with Gasteiger partial charge < -0.3 is 5.32 Å². The zero-order valence-corrected chi connectivity index (χ0v) is 13.8. The Morgan fingerprint density at radius 3 is 2.48 bits per heavy atom. The molecular weight excluding hydrogens is 301 g/mol. The van der Waals surface area contributed by atoms with Gasteiger partial charge in [-0.1, -0.05) is 54.4 Å². The van der Waals surface area contributed by atoms with Crippen LogP contribution in [0.3, 0.4) is 0 Å². The maximum atomic E-state index is 6.36. The minimum Gasteiger partial charge on any atom is -0.377 e. The highest BCUT2D eigenvalue weighted by atomic mass is 35.5. The fraction of sp³-hybridized carbons (Fsp3) is 0.333. The summed E-state index contributed by atoms with van der Waals surface area (Å²) in [7, 11) is 0. The number of benzene rings is 2. The summed E-state index contributed by atoms with van der Waals surface area (Å²) in [6.45, 7) is 4.26. The minimum absolute atomic E-state index is 0.300. The highest BCUT2D eigenvalue weighted by Gasteiger charge is 2.24. The zero-order chi connectivity index (χ0) is 15.0. The predicted octanol–water partition coefficient (Wildman–Crippen LogP) is 6.35. The van der Waals surface area contributed by atoms with Crippen molar-refractivity contribution >= 4 is 28.9 Å². The van der Waals surface area contributed by atoms with Gasteiger partial charge in [0.05, 0.1) is 16.8 Å². The van der Waals surface area contributed by atoms with Gasteiger partial charge in [-0.25, -0.2) is 0 Å². The standard InChI is InChI=1S/C18H19Cl2N/c1-11-7-8-17(14-6-4-3-5-13(11)14)21-18-10-15(19)12(2)9-16(18)20/h3-6,9-11,17,21H,7-8H2,1-2H3. The summed E-state index contributed by atoms with van der Waals surface area (Å²) in [5.41, 5.74) is 4.74. The molecule has 2 aromatic rings. The Morgan fingerprint density at radius 1 is 1.00 bits per heavy atom. The summed E-state index contributed by atoms with van der Waals surface area (Å²) in [6.07, 6.45) is 2.30. The molecule has 0 spiro atoms. The number of rotatable bonds is 2. The van der Waals surface area contributed by atoms with Crippen molar-refractivity contribution in [3.8, 4) is 0 Å². The Balaban J connectivity index is 1.93. The molecule has 0 aliphatic heterocycles. The van der Waals surface area contributed by atoms with Gasteiger partial charge in [-0.3, -0.25) is 0 Å². The Kier molecular flexibility index (Phi) is 4.14. The number of aryl methyl sites for hydroxylation is 1. The van der Waals surface area contributed by atoms with E-state index in [-0.39, 0.29) is 0 Å². The monoisotopic (exact) mass is 319 g/mol. The molecule has 1 aliphatic rings. The molecule has 0 amide bonds. The van der Waals surface area contributed by atoms with E-state index < -0.39 is 0 Å². The normalized spacial score (nSPS) is 21.0. The van der Waals surface area contributed by atoms with E-state index in [1.54, 1.807) is 0 Å². The predicted molar refractivity (Wildman–Crippen MR) is 91.7 cm³/mol. The Labute approximate surface area is 136 Å². The largest absolute Gasteiger partial charge is 0.377 e. The lowest BCUT2D eigenvalue weighted by molar-refractivity contribution is 0.535. The van der Waals surface area contributed by atoms with E-state index in [4.69, 9.17) is 23.2 Å². The van der Waals surface area contributed by atoms with Gasteiger partial charge in [0.15, 0.2) is 0 Å². The van der Waals surface area contributed by atoms with Gasteiger partial charge in [-0.2, -0.15) is 0 Å². The third kappa shape index (κ3) is 2.90. The minimum atomic E-state index is 0.300. The molecule has 21 heavy (non-hydrogen) atoms. The van der Waals surface area contributed by atoms with Gasteiger partial charge in [-0.05, 0) is 54.5 Å². The van der Waals surface area contributed by atoms with Crippen molar-refractivity contribution in [3.63, 3.8) is 0 Å². The molecule has 0 bridgehead atoms. The summed E-state index contributed by atoms with van der Waals surface area (Å²) in [5, 5.41) is 5.06. The maximum Gasteiger partial charge on any atom is 0.0641 e. The highest BCUT2D eigenvalue weighted by molar-refractivity contribution is 6.35. The van der Waals surface area contributed by atoms with Gasteiger partial charge in [0.25, 0.3) is 0 Å². The van der Waals surface area contributed by atoms with Crippen LogP contribution in [0.2, 0.25) is 10.0 Å². The fourth-order valence-corrected chi connectivity index (χ4v) is 3.54. The van der Waals surface area contributed by atoms with Crippen molar-refractivity contribution in [1.82, 2.24) is 0 Å². The summed E-state index contributed by atoms with van der Waals surface area (Å²) in [6, 6.07) is 12.8. The average Bonchev–Trinajstić information content (AvgIpc) is 2.48. The first kappa shape index (κ1) is 14.7. The lowest BCUT2D eigenvalue weighted by atomic mass is 9.81. The van der Waals surface area contributed by atoms with Gasteiger partial charge in [0, 0.05) is 5.02 Å². The van der Waals surface area contributed by atoms with Crippen LogP contribution in [0.15, 0.2) is 36.4 Å². The van der Waals surface area contributed by atoms with Gasteiger partial charge >= 0.3 is 0 Å². The van der Waals surface area contributed by atoms with E-state index in [9.17, 15) is 0 Å². The van der Waals surface area contributed by atoms with Gasteiger partial charge in [0.1, 0.15) is 0 Å². The van der Waals surface area contributed by atoms with Crippen LogP contribution in [0, 0.1) is 6.92 Å². The van der Waals surface area contributed by atoms with Crippen LogP contribution in [0.4, 0.5) is 5.69 Å². The second-order valence-corrected chi connectivity index (χ2v) is 6.70. The number of halogens is 2. The average molecular weight is 320 g/mol. The van der Waals surface area contributed by atoms with Crippen LogP contribution < -0.4 is 5.32 Å². The van der Waals surface area contributed by atoms with E-state index in [0.29, 0.717) is 12.0 Å². The van der Waals surface area contributed by atoms with Crippen molar-refractivity contribution < 1.29 is 0 Å². The topological polar surface area (TPSA) is 12.0 Å². The first-order valence-corrected chi connectivity index (χ1v) is 8.13. The summed E-state index contributed by atoms with van der Waals surface area (Å²) in [4.78, 5) is 0. The summed E-state index contributed by atoms with van der Waals surface area (Å²) in [5.74, 6) is 0.622. The Hall–Kier alpha value is -1.18. The smallest absolute Gasteiger partial charge is 0.0641 e. The molecule has 2 aromatic carbocycles. The van der Waals surface area contributed by atoms with E-state index in [1.165, 1.54) is 17.5 Å². The first-order valence-electron chi connectivity index (χ1n) is 7.37. The van der Waals surface area contributed by atoms with Crippen LogP contribution in [0.1, 0.15) is 48.4 Å². The van der Waals surface area contributed by atoms with Crippen molar-refractivity contribution in [2.75, 3.05) is 5.32 Å². The van der Waals surface area contributed by atoms with Crippen LogP contribution >= 0.6 is 23.2 Å². The molecule has 0 aromatic heterocycles. The molecule has 3 rings (SSSR count). The molecule has 3 heteroatoms. The molecular formula is C18H19Cl2N. The molecule has 0 heterocycles. The van der Waals surface area contributed by atoms with E-state index >= 15 is 0 Å². The second kappa shape index (κ2) is 5.90. The number of nitrogens with one attached hydrogen (secondary N) is 1. The van der Waals surface area contributed by atoms with Crippen LogP contribution in [0.5, 0.6) is 0 Å². The van der Waals surface area contributed by atoms with Crippen molar-refractivity contribution in [3.05, 3.63) is 63.1 Å². The molecule has 1 nitrogen and oxygen atoms in total. The Morgan fingerprint density at radius 2 is 1.71 bits per heavy atom. The Bertz CT molecular complexity index is 666. The number of hydrogen-bond acceptors (Lipinski definition) is 1. The van der Waals surface area contributed by atoms with Crippen LogP contribution in [0.25, 0.3) is 0 Å². The van der Waals surface area contributed by atoms with Crippen LogP contribution in [-0.4, -0.2) is 0 Å². The second-order valence-electron chi connectivity index (χ2n) is 5.89. The maximum absolute atomic E-state index is 6.36. The number of fused-ring (bicyclic) bond motifs is 1. The van der Waals surface area contributed by atoms with Crippen molar-refractivity contribution in [1.29, 1.82) is 0 Å². The molecule has 0 radical (unpaired) electrons. The summed E-state index contributed by atoms with van der Waals surface area (Å²) < 4.78 is 0. The quantitative estimate of drug-likeness (QED) is 0.679. The molecule has 0 saturated heterocycles.